The molecule has 0 aliphatic heterocycles. The number of aromatic nitrogens is 2. The number of amides is 1. The SMILES string of the molecule is Nc1cccc(C(=O)NCCc2cnc[nH]2)c1Cl. The molecular formula is C12H13ClN4O. The fraction of sp³-hybridized carbons (Fsp3) is 0.167. The number of nitrogens with two attached hydrogens (primary N) is 1. The molecule has 0 aliphatic carbocycles. The lowest BCUT2D eigenvalue weighted by Gasteiger charge is -2.07. The van der Waals surface area contributed by atoms with Crippen LogP contribution in [0.2, 0.25) is 5.02 Å². The van der Waals surface area contributed by atoms with E-state index in [1.165, 1.54) is 0 Å². The van der Waals surface area contributed by atoms with E-state index < -0.39 is 0 Å². The maximum Gasteiger partial charge on any atom is 0.252 e. The second-order valence-corrected chi connectivity index (χ2v) is 4.17. The number of carbonyl (C=O) groups excluding carboxylic acids is 1. The Morgan fingerprint density at radius 3 is 3.06 bits per heavy atom. The van der Waals surface area contributed by atoms with Crippen LogP contribution >= 0.6 is 11.6 Å². The molecule has 0 aliphatic rings. The van der Waals surface area contributed by atoms with E-state index in [-0.39, 0.29) is 10.9 Å². The summed E-state index contributed by atoms with van der Waals surface area (Å²) in [7, 11) is 0. The van der Waals surface area contributed by atoms with E-state index in [1.807, 2.05) is 0 Å². The molecule has 1 heterocycles. The van der Waals surface area contributed by atoms with Crippen molar-refractivity contribution in [3.63, 3.8) is 0 Å². The number of benzene rings is 1. The Morgan fingerprint density at radius 1 is 1.50 bits per heavy atom. The van der Waals surface area contributed by atoms with Crippen LogP contribution in [0.15, 0.2) is 30.7 Å². The smallest absolute Gasteiger partial charge is 0.252 e. The largest absolute Gasteiger partial charge is 0.398 e. The summed E-state index contributed by atoms with van der Waals surface area (Å²) in [6.45, 7) is 0.506. The van der Waals surface area contributed by atoms with E-state index in [1.54, 1.807) is 30.7 Å². The van der Waals surface area contributed by atoms with Gasteiger partial charge in [0.2, 0.25) is 0 Å². The van der Waals surface area contributed by atoms with Gasteiger partial charge in [0.05, 0.1) is 22.6 Å². The number of aromatic amines is 1. The van der Waals surface area contributed by atoms with Crippen LogP contribution in [0, 0.1) is 0 Å². The zero-order valence-corrected chi connectivity index (χ0v) is 10.4. The van der Waals surface area contributed by atoms with E-state index >= 15 is 0 Å². The number of anilines is 1. The molecule has 0 saturated carbocycles. The monoisotopic (exact) mass is 264 g/mol. The molecule has 0 bridgehead atoms. The van der Waals surface area contributed by atoms with Crippen LogP contribution in [0.5, 0.6) is 0 Å². The van der Waals surface area contributed by atoms with Crippen molar-refractivity contribution in [2.75, 3.05) is 12.3 Å². The molecule has 0 spiro atoms. The molecule has 0 unspecified atom stereocenters. The van der Waals surface area contributed by atoms with Gasteiger partial charge < -0.3 is 16.0 Å². The van der Waals surface area contributed by atoms with Gasteiger partial charge in [0.15, 0.2) is 0 Å². The van der Waals surface area contributed by atoms with E-state index in [0.29, 0.717) is 24.2 Å². The fourth-order valence-electron chi connectivity index (χ4n) is 1.55. The number of nitrogens with zero attached hydrogens (tertiary/aromatic N) is 1. The van der Waals surface area contributed by atoms with Gasteiger partial charge in [-0.3, -0.25) is 4.79 Å². The fourth-order valence-corrected chi connectivity index (χ4v) is 1.76. The first-order valence-electron chi connectivity index (χ1n) is 5.48. The number of nitrogen functional groups attached to an aromatic ring is 1. The van der Waals surface area contributed by atoms with Gasteiger partial charge in [-0.05, 0) is 12.1 Å². The number of hydrogen-bond donors (Lipinski definition) is 3. The lowest BCUT2D eigenvalue weighted by Crippen LogP contribution is -2.26. The van der Waals surface area contributed by atoms with Gasteiger partial charge in [0.25, 0.3) is 5.91 Å². The third kappa shape index (κ3) is 2.81. The van der Waals surface area contributed by atoms with Gasteiger partial charge in [-0.25, -0.2) is 4.98 Å². The zero-order valence-electron chi connectivity index (χ0n) is 9.61. The summed E-state index contributed by atoms with van der Waals surface area (Å²) in [5, 5.41) is 3.07. The molecule has 94 valence electrons. The van der Waals surface area contributed by atoms with Crippen LogP contribution < -0.4 is 11.1 Å². The Labute approximate surface area is 109 Å². The molecule has 1 aromatic heterocycles. The topological polar surface area (TPSA) is 83.8 Å². The van der Waals surface area contributed by atoms with Gasteiger partial charge in [-0.2, -0.15) is 0 Å². The summed E-state index contributed by atoms with van der Waals surface area (Å²) in [4.78, 5) is 18.7. The zero-order chi connectivity index (χ0) is 13.0. The molecule has 5 nitrogen and oxygen atoms in total. The van der Waals surface area contributed by atoms with Crippen molar-refractivity contribution in [2.45, 2.75) is 6.42 Å². The third-order valence-corrected chi connectivity index (χ3v) is 2.93. The van der Waals surface area contributed by atoms with Crippen molar-refractivity contribution in [3.05, 3.63) is 47.0 Å². The molecule has 0 atom stereocenters. The number of carbonyl (C=O) groups is 1. The number of H-pyrrole nitrogens is 1. The first kappa shape index (κ1) is 12.4. The highest BCUT2D eigenvalue weighted by Crippen LogP contribution is 2.22. The summed E-state index contributed by atoms with van der Waals surface area (Å²) >= 11 is 5.96. The minimum atomic E-state index is -0.230. The highest BCUT2D eigenvalue weighted by atomic mass is 35.5. The highest BCUT2D eigenvalue weighted by Gasteiger charge is 2.11. The molecule has 0 saturated heterocycles. The maximum atomic E-state index is 11.9. The number of nitrogens with one attached hydrogen (secondary N) is 2. The third-order valence-electron chi connectivity index (χ3n) is 2.51. The van der Waals surface area contributed by atoms with E-state index in [0.717, 1.165) is 5.69 Å². The van der Waals surface area contributed by atoms with Crippen molar-refractivity contribution in [3.8, 4) is 0 Å². The number of halogens is 1. The predicted molar refractivity (Wildman–Crippen MR) is 70.5 cm³/mol. The van der Waals surface area contributed by atoms with Gasteiger partial charge >= 0.3 is 0 Å². The van der Waals surface area contributed by atoms with Crippen molar-refractivity contribution >= 4 is 23.2 Å². The van der Waals surface area contributed by atoms with Crippen molar-refractivity contribution < 1.29 is 4.79 Å². The minimum absolute atomic E-state index is 0.230. The Hall–Kier alpha value is -2.01. The Bertz CT molecular complexity index is 539. The van der Waals surface area contributed by atoms with Crippen molar-refractivity contribution in [2.24, 2.45) is 0 Å². The number of hydrogen-bond acceptors (Lipinski definition) is 3. The average Bonchev–Trinajstić information content (AvgIpc) is 2.85. The number of imidazole rings is 1. The molecule has 4 N–H and O–H groups in total. The Morgan fingerprint density at radius 2 is 2.33 bits per heavy atom. The van der Waals surface area contributed by atoms with Crippen LogP contribution in [0.3, 0.4) is 0 Å². The minimum Gasteiger partial charge on any atom is -0.398 e. The predicted octanol–water partition coefficient (Wildman–Crippen LogP) is 1.62. The van der Waals surface area contributed by atoms with Crippen LogP contribution in [0.1, 0.15) is 16.1 Å². The summed E-state index contributed by atoms with van der Waals surface area (Å²) in [5.74, 6) is -0.230. The molecule has 2 rings (SSSR count). The van der Waals surface area contributed by atoms with Gasteiger partial charge in [0, 0.05) is 24.9 Å². The van der Waals surface area contributed by atoms with E-state index in [2.05, 4.69) is 15.3 Å². The Balaban J connectivity index is 1.93. The van der Waals surface area contributed by atoms with Crippen LogP contribution in [-0.4, -0.2) is 22.4 Å². The van der Waals surface area contributed by atoms with Gasteiger partial charge in [0.1, 0.15) is 0 Å². The van der Waals surface area contributed by atoms with Crippen molar-refractivity contribution in [1.29, 1.82) is 0 Å². The normalized spacial score (nSPS) is 10.3. The first-order chi connectivity index (χ1) is 8.68. The standard InChI is InChI=1S/C12H13ClN4O/c13-11-9(2-1-3-10(11)14)12(18)16-5-4-8-6-15-7-17-8/h1-3,6-7H,4-5,14H2,(H,15,17)(H,16,18). The molecular weight excluding hydrogens is 252 g/mol. The molecule has 0 radical (unpaired) electrons. The quantitative estimate of drug-likeness (QED) is 0.734. The molecule has 6 heteroatoms. The average molecular weight is 265 g/mol. The van der Waals surface area contributed by atoms with E-state index in [4.69, 9.17) is 17.3 Å². The highest BCUT2D eigenvalue weighted by molar-refractivity contribution is 6.36. The number of rotatable bonds is 4. The second-order valence-electron chi connectivity index (χ2n) is 3.79. The molecule has 1 amide bonds. The van der Waals surface area contributed by atoms with Gasteiger partial charge in [-0.1, -0.05) is 17.7 Å². The lowest BCUT2D eigenvalue weighted by molar-refractivity contribution is 0.0954. The van der Waals surface area contributed by atoms with Crippen LogP contribution in [0.25, 0.3) is 0 Å². The Kier molecular flexibility index (Phi) is 3.84. The van der Waals surface area contributed by atoms with E-state index in [9.17, 15) is 4.79 Å². The molecule has 18 heavy (non-hydrogen) atoms. The van der Waals surface area contributed by atoms with Crippen LogP contribution in [0.4, 0.5) is 5.69 Å². The molecule has 2 aromatic rings. The first-order valence-corrected chi connectivity index (χ1v) is 5.85. The summed E-state index contributed by atoms with van der Waals surface area (Å²) in [6, 6.07) is 5.00. The van der Waals surface area contributed by atoms with Crippen molar-refractivity contribution in [1.82, 2.24) is 15.3 Å². The van der Waals surface area contributed by atoms with Gasteiger partial charge in [-0.15, -0.1) is 0 Å². The molecule has 1 aromatic carbocycles. The lowest BCUT2D eigenvalue weighted by atomic mass is 10.2. The summed E-state index contributed by atoms with van der Waals surface area (Å²) in [5.41, 5.74) is 7.40. The second kappa shape index (κ2) is 5.55. The maximum absolute atomic E-state index is 11.9. The molecule has 0 fully saturated rings. The summed E-state index contributed by atoms with van der Waals surface area (Å²) in [6.07, 6.45) is 4.01. The van der Waals surface area contributed by atoms with Crippen LogP contribution in [-0.2, 0) is 6.42 Å². The summed E-state index contributed by atoms with van der Waals surface area (Å²) < 4.78 is 0.